The molecule has 0 bridgehead atoms. The Hall–Kier alpha value is -2.81. The van der Waals surface area contributed by atoms with E-state index in [1.807, 2.05) is 12.1 Å². The molecule has 1 aromatic heterocycles. The zero-order valence-corrected chi connectivity index (χ0v) is 15.4. The van der Waals surface area contributed by atoms with Crippen molar-refractivity contribution in [2.45, 2.75) is 17.6 Å². The molecule has 0 saturated heterocycles. The van der Waals surface area contributed by atoms with Crippen LogP contribution in [0.4, 0.5) is 5.69 Å². The molecule has 1 aliphatic heterocycles. The normalized spacial score (nSPS) is 15.5. The van der Waals surface area contributed by atoms with Crippen molar-refractivity contribution in [2.24, 2.45) is 0 Å². The molecule has 0 radical (unpaired) electrons. The highest BCUT2D eigenvalue weighted by Crippen LogP contribution is 2.59. The van der Waals surface area contributed by atoms with E-state index in [0.717, 1.165) is 0 Å². The maximum atomic E-state index is 12.5. The molecule has 0 unspecified atom stereocenters. The molecular weight excluding hydrogens is 366 g/mol. The molecule has 0 aliphatic carbocycles. The summed E-state index contributed by atoms with van der Waals surface area (Å²) in [5, 5.41) is 4.46. The fourth-order valence-corrected chi connectivity index (χ4v) is 4.94. The van der Waals surface area contributed by atoms with Crippen LogP contribution in [-0.2, 0) is 10.5 Å². The Bertz CT molecular complexity index is 1050. The van der Waals surface area contributed by atoms with Gasteiger partial charge in [-0.25, -0.2) is 9.48 Å². The summed E-state index contributed by atoms with van der Waals surface area (Å²) in [4.78, 5) is 12.9. The first kappa shape index (κ1) is 17.6. The molecule has 1 aliphatic rings. The molecule has 2 aromatic carbocycles. The summed E-state index contributed by atoms with van der Waals surface area (Å²) in [5.74, 6) is -0.679. The van der Waals surface area contributed by atoms with Crippen molar-refractivity contribution in [3.63, 3.8) is 0 Å². The number of hydrogen-bond donors (Lipinski definition) is 3. The average Bonchev–Trinajstić information content (AvgIpc) is 3.01. The van der Waals surface area contributed by atoms with Crippen molar-refractivity contribution in [3.05, 3.63) is 59.8 Å². The van der Waals surface area contributed by atoms with E-state index in [1.165, 1.54) is 0 Å². The number of nitrogens with zero attached hydrogens (tertiary/aromatic N) is 2. The van der Waals surface area contributed by atoms with Gasteiger partial charge < -0.3 is 10.5 Å². The van der Waals surface area contributed by atoms with Gasteiger partial charge in [-0.2, -0.15) is 15.7 Å². The third-order valence-electron chi connectivity index (χ3n) is 4.41. The second kappa shape index (κ2) is 6.41. The minimum atomic E-state index is -3.09. The number of hydrogen-bond acceptors (Lipinski definition) is 6. The van der Waals surface area contributed by atoms with E-state index in [4.69, 9.17) is 10.5 Å². The summed E-state index contributed by atoms with van der Waals surface area (Å²) in [6.07, 6.45) is 0. The van der Waals surface area contributed by atoms with Crippen molar-refractivity contribution in [2.75, 3.05) is 12.3 Å². The second-order valence-electron chi connectivity index (χ2n) is 6.21. The van der Waals surface area contributed by atoms with E-state index in [2.05, 4.69) is 5.10 Å². The van der Waals surface area contributed by atoms with Crippen molar-refractivity contribution in [1.29, 1.82) is 0 Å². The van der Waals surface area contributed by atoms with E-state index in [-0.39, 0.29) is 18.1 Å². The minimum absolute atomic E-state index is 0.0868. The minimum Gasteiger partial charge on any atom is -0.461 e. The van der Waals surface area contributed by atoms with Gasteiger partial charge in [0.25, 0.3) is 0 Å². The predicted octanol–water partition coefficient (Wildman–Crippen LogP) is 3.92. The first-order valence-corrected chi connectivity index (χ1v) is 10.1. The summed E-state index contributed by atoms with van der Waals surface area (Å²) in [7, 11) is -3.09. The van der Waals surface area contributed by atoms with Crippen LogP contribution in [-0.4, -0.2) is 31.5 Å². The van der Waals surface area contributed by atoms with E-state index < -0.39 is 16.6 Å². The molecule has 4 rings (SSSR count). The Labute approximate surface area is 157 Å². The summed E-state index contributed by atoms with van der Waals surface area (Å²) >= 11 is 0. The highest BCUT2D eigenvalue weighted by atomic mass is 32.3. The number of fused-ring (bicyclic) bond motifs is 3. The lowest BCUT2D eigenvalue weighted by atomic mass is 10.1. The van der Waals surface area contributed by atoms with E-state index in [0.29, 0.717) is 33.1 Å². The zero-order chi connectivity index (χ0) is 19.2. The molecule has 0 fully saturated rings. The number of ether oxygens (including phenoxy) is 1. The van der Waals surface area contributed by atoms with Gasteiger partial charge in [0.15, 0.2) is 5.69 Å². The number of nitrogen functional groups attached to an aromatic ring is 1. The summed E-state index contributed by atoms with van der Waals surface area (Å²) < 4.78 is 28.1. The first-order valence-electron chi connectivity index (χ1n) is 8.42. The standard InChI is InChI=1S/C19H19N3O4S/c1-2-26-19(23)17-15-11-27(24,25)16-9-4-3-8-14(16)18(15)22(21-17)13-7-5-6-12(20)10-13/h3-10,24-25H,2,11,20H2,1H3. The highest BCUT2D eigenvalue weighted by molar-refractivity contribution is 8.23. The van der Waals surface area contributed by atoms with Crippen LogP contribution in [0.2, 0.25) is 0 Å². The molecule has 0 saturated carbocycles. The summed E-state index contributed by atoms with van der Waals surface area (Å²) in [5.41, 5.74) is 8.98. The molecule has 4 N–H and O–H groups in total. The zero-order valence-electron chi connectivity index (χ0n) is 14.6. The fourth-order valence-electron chi connectivity index (χ4n) is 3.30. The Morgan fingerprint density at radius 1 is 1.26 bits per heavy atom. The van der Waals surface area contributed by atoms with Gasteiger partial charge in [0.05, 0.1) is 28.6 Å². The van der Waals surface area contributed by atoms with E-state index in [1.54, 1.807) is 48.0 Å². The Balaban J connectivity index is 2.03. The third-order valence-corrected chi connectivity index (χ3v) is 6.16. The SMILES string of the molecule is CCOC(=O)c1nn(-c2cccc(N)c2)c2c1CS(O)(O)c1ccccc1-2. The molecular formula is C19H19N3O4S. The van der Waals surface area contributed by atoms with Crippen LogP contribution in [0.25, 0.3) is 16.9 Å². The smallest absolute Gasteiger partial charge is 0.359 e. The van der Waals surface area contributed by atoms with Crippen molar-refractivity contribution < 1.29 is 18.6 Å². The number of anilines is 1. The predicted molar refractivity (Wildman–Crippen MR) is 104 cm³/mol. The molecule has 3 aromatic rings. The van der Waals surface area contributed by atoms with E-state index in [9.17, 15) is 13.9 Å². The van der Waals surface area contributed by atoms with Gasteiger partial charge in [0.1, 0.15) is 0 Å². The van der Waals surface area contributed by atoms with Gasteiger partial charge in [-0.05, 0) is 31.2 Å². The maximum absolute atomic E-state index is 12.5. The molecule has 8 heteroatoms. The van der Waals surface area contributed by atoms with Gasteiger partial charge in [0, 0.05) is 16.8 Å². The second-order valence-corrected chi connectivity index (χ2v) is 8.27. The van der Waals surface area contributed by atoms with Crippen molar-refractivity contribution >= 4 is 22.2 Å². The summed E-state index contributed by atoms with van der Waals surface area (Å²) in [6.45, 7) is 1.91. The lowest BCUT2D eigenvalue weighted by molar-refractivity contribution is 0.0518. The molecule has 27 heavy (non-hydrogen) atoms. The Morgan fingerprint density at radius 2 is 2.04 bits per heavy atom. The number of rotatable bonds is 3. The monoisotopic (exact) mass is 385 g/mol. The molecule has 7 nitrogen and oxygen atoms in total. The number of carbonyl (C=O) groups excluding carboxylic acids is 1. The Morgan fingerprint density at radius 3 is 2.78 bits per heavy atom. The van der Waals surface area contributed by atoms with Gasteiger partial charge in [-0.15, -0.1) is 0 Å². The van der Waals surface area contributed by atoms with Crippen LogP contribution in [0.5, 0.6) is 0 Å². The first-order chi connectivity index (χ1) is 12.9. The largest absolute Gasteiger partial charge is 0.461 e. The summed E-state index contributed by atoms with van der Waals surface area (Å²) in [6, 6.07) is 14.2. The van der Waals surface area contributed by atoms with Crippen molar-refractivity contribution in [3.8, 4) is 16.9 Å². The lowest BCUT2D eigenvalue weighted by Gasteiger charge is -2.37. The average molecular weight is 385 g/mol. The topological polar surface area (TPSA) is 111 Å². The van der Waals surface area contributed by atoms with Crippen molar-refractivity contribution in [1.82, 2.24) is 9.78 Å². The van der Waals surface area contributed by atoms with Crippen LogP contribution < -0.4 is 5.73 Å². The quantitative estimate of drug-likeness (QED) is 0.465. The Kier molecular flexibility index (Phi) is 4.18. The maximum Gasteiger partial charge on any atom is 0.359 e. The highest BCUT2D eigenvalue weighted by Gasteiger charge is 2.36. The van der Waals surface area contributed by atoms with E-state index >= 15 is 0 Å². The van der Waals surface area contributed by atoms with Gasteiger partial charge in [-0.1, -0.05) is 24.3 Å². The van der Waals surface area contributed by atoms with Gasteiger partial charge in [-0.3, -0.25) is 9.11 Å². The number of aromatic nitrogens is 2. The molecule has 0 spiro atoms. The van der Waals surface area contributed by atoms with Crippen LogP contribution in [0.15, 0.2) is 53.4 Å². The number of carbonyl (C=O) groups is 1. The molecule has 2 heterocycles. The molecule has 0 amide bonds. The van der Waals surface area contributed by atoms with Crippen LogP contribution >= 0.6 is 10.6 Å². The number of benzene rings is 2. The third kappa shape index (κ3) is 2.87. The molecule has 140 valence electrons. The number of esters is 1. The number of nitrogens with two attached hydrogens (primary N) is 1. The van der Waals surface area contributed by atoms with Gasteiger partial charge in [0.2, 0.25) is 0 Å². The molecule has 0 atom stereocenters. The van der Waals surface area contributed by atoms with Crippen LogP contribution in [0.1, 0.15) is 23.0 Å². The van der Waals surface area contributed by atoms with Gasteiger partial charge >= 0.3 is 5.97 Å². The van der Waals surface area contributed by atoms with Crippen LogP contribution in [0.3, 0.4) is 0 Å². The van der Waals surface area contributed by atoms with Crippen LogP contribution in [0, 0.1) is 0 Å². The lowest BCUT2D eigenvalue weighted by Crippen LogP contribution is -2.14. The fraction of sp³-hybridized carbons (Fsp3) is 0.158.